The zero-order valence-corrected chi connectivity index (χ0v) is 11.0. The number of aliphatic carboxylic acids is 1. The van der Waals surface area contributed by atoms with E-state index in [1.165, 1.54) is 0 Å². The normalized spacial score (nSPS) is 12.0. The summed E-state index contributed by atoms with van der Waals surface area (Å²) in [6.07, 6.45) is -0.359. The van der Waals surface area contributed by atoms with E-state index in [0.29, 0.717) is 11.5 Å². The molecule has 0 aliphatic heterocycles. The van der Waals surface area contributed by atoms with Gasteiger partial charge in [-0.3, -0.25) is 0 Å². The predicted octanol–water partition coefficient (Wildman–Crippen LogP) is 2.17. The predicted molar refractivity (Wildman–Crippen MR) is 66.3 cm³/mol. The van der Waals surface area contributed by atoms with Crippen LogP contribution in [0.2, 0.25) is 0 Å². The number of methoxy groups -OCH3 is 2. The number of rotatable bonds is 6. The molecular weight excluding hydrogens is 236 g/mol. The maximum atomic E-state index is 10.5. The summed E-state index contributed by atoms with van der Waals surface area (Å²) in [5.41, 5.74) is 1.77. The Bertz CT molecular complexity index is 428. The Morgan fingerprint density at radius 2 is 2.00 bits per heavy atom. The maximum Gasteiger partial charge on any atom is 0.329 e. The molecule has 0 saturated heterocycles. The highest BCUT2D eigenvalue weighted by Gasteiger charge is 2.17. The molecule has 0 spiro atoms. The molecule has 0 aliphatic carbocycles. The summed E-state index contributed by atoms with van der Waals surface area (Å²) in [7, 11) is 3.14. The highest BCUT2D eigenvalue weighted by Crippen LogP contribution is 2.34. The molecule has 0 radical (unpaired) electrons. The van der Waals surface area contributed by atoms with Crippen molar-refractivity contribution >= 4 is 5.97 Å². The lowest BCUT2D eigenvalue weighted by Gasteiger charge is -2.19. The largest absolute Gasteiger partial charge is 0.497 e. The molecule has 1 rings (SSSR count). The van der Waals surface area contributed by atoms with Crippen molar-refractivity contribution in [3.63, 3.8) is 0 Å². The second-order valence-corrected chi connectivity index (χ2v) is 3.91. The van der Waals surface area contributed by atoms with E-state index >= 15 is 0 Å². The van der Waals surface area contributed by atoms with E-state index in [0.717, 1.165) is 11.1 Å². The van der Waals surface area contributed by atoms with Crippen molar-refractivity contribution in [2.24, 2.45) is 0 Å². The first-order chi connectivity index (χ1) is 8.49. The number of carboxylic acids is 1. The van der Waals surface area contributed by atoms with Gasteiger partial charge in [0.1, 0.15) is 18.1 Å². The van der Waals surface area contributed by atoms with E-state index in [9.17, 15) is 4.79 Å². The quantitative estimate of drug-likeness (QED) is 0.842. The summed E-state index contributed by atoms with van der Waals surface area (Å²) in [6, 6.07) is 3.61. The van der Waals surface area contributed by atoms with Gasteiger partial charge in [-0.15, -0.1) is 0 Å². The highest BCUT2D eigenvalue weighted by molar-refractivity contribution is 5.68. The number of carboxylic acid groups (broad SMARTS) is 1. The topological polar surface area (TPSA) is 65.0 Å². The Hall–Kier alpha value is -1.75. The van der Waals surface area contributed by atoms with Gasteiger partial charge in [0.25, 0.3) is 0 Å². The maximum absolute atomic E-state index is 10.5. The Labute approximate surface area is 106 Å². The summed E-state index contributed by atoms with van der Waals surface area (Å²) in [5, 5.41) is 8.61. The lowest BCUT2D eigenvalue weighted by molar-refractivity contribution is -0.144. The molecule has 0 saturated carbocycles. The van der Waals surface area contributed by atoms with Crippen LogP contribution in [0.15, 0.2) is 12.1 Å². The molecule has 5 heteroatoms. The van der Waals surface area contributed by atoms with Crippen LogP contribution in [0.3, 0.4) is 0 Å². The van der Waals surface area contributed by atoms with Crippen LogP contribution < -0.4 is 9.47 Å². The van der Waals surface area contributed by atoms with Crippen LogP contribution in [0.25, 0.3) is 0 Å². The molecule has 18 heavy (non-hydrogen) atoms. The molecule has 0 amide bonds. The lowest BCUT2D eigenvalue weighted by atomic mass is 10.0. The number of hydrogen-bond acceptors (Lipinski definition) is 4. The molecule has 0 heterocycles. The second kappa shape index (κ2) is 6.26. The SMILES string of the molecule is COc1cc(C)c(C(C)OCC(=O)O)c(OC)c1. The summed E-state index contributed by atoms with van der Waals surface area (Å²) in [6.45, 7) is 3.36. The van der Waals surface area contributed by atoms with E-state index < -0.39 is 5.97 Å². The van der Waals surface area contributed by atoms with Gasteiger partial charge in [-0.1, -0.05) is 0 Å². The zero-order chi connectivity index (χ0) is 13.7. The summed E-state index contributed by atoms with van der Waals surface area (Å²) in [4.78, 5) is 10.5. The van der Waals surface area contributed by atoms with Crippen LogP contribution in [-0.2, 0) is 9.53 Å². The second-order valence-electron chi connectivity index (χ2n) is 3.91. The fraction of sp³-hybridized carbons (Fsp3) is 0.462. The van der Waals surface area contributed by atoms with E-state index in [2.05, 4.69) is 0 Å². The van der Waals surface area contributed by atoms with Crippen LogP contribution in [0.1, 0.15) is 24.2 Å². The summed E-state index contributed by atoms with van der Waals surface area (Å²) < 4.78 is 15.7. The van der Waals surface area contributed by atoms with Gasteiger partial charge in [0.2, 0.25) is 0 Å². The number of carbonyl (C=O) groups is 1. The Kier molecular flexibility index (Phi) is 4.97. The number of hydrogen-bond donors (Lipinski definition) is 1. The minimum Gasteiger partial charge on any atom is -0.497 e. The number of aryl methyl sites for hydroxylation is 1. The Balaban J connectivity index is 3.02. The van der Waals surface area contributed by atoms with Crippen LogP contribution in [-0.4, -0.2) is 31.9 Å². The number of ether oxygens (including phenoxy) is 3. The van der Waals surface area contributed by atoms with Crippen molar-refractivity contribution in [3.05, 3.63) is 23.3 Å². The average molecular weight is 254 g/mol. The van der Waals surface area contributed by atoms with Crippen LogP contribution in [0.4, 0.5) is 0 Å². The first-order valence-corrected chi connectivity index (χ1v) is 5.55. The third-order valence-electron chi connectivity index (χ3n) is 2.64. The first kappa shape index (κ1) is 14.3. The molecule has 1 aromatic rings. The number of benzene rings is 1. The highest BCUT2D eigenvalue weighted by atomic mass is 16.5. The third kappa shape index (κ3) is 3.37. The van der Waals surface area contributed by atoms with Gasteiger partial charge in [-0.25, -0.2) is 4.79 Å². The van der Waals surface area contributed by atoms with Crippen molar-refractivity contribution in [3.8, 4) is 11.5 Å². The van der Waals surface area contributed by atoms with Crippen LogP contribution >= 0.6 is 0 Å². The summed E-state index contributed by atoms with van der Waals surface area (Å²) in [5.74, 6) is 0.329. The zero-order valence-electron chi connectivity index (χ0n) is 11.0. The average Bonchev–Trinajstić information content (AvgIpc) is 2.34. The summed E-state index contributed by atoms with van der Waals surface area (Å²) >= 11 is 0. The van der Waals surface area contributed by atoms with Crippen molar-refractivity contribution < 1.29 is 24.1 Å². The molecule has 5 nitrogen and oxygen atoms in total. The van der Waals surface area contributed by atoms with Gasteiger partial charge in [0.05, 0.1) is 20.3 Å². The van der Waals surface area contributed by atoms with Gasteiger partial charge in [-0.05, 0) is 25.5 Å². The Morgan fingerprint density at radius 3 is 2.50 bits per heavy atom. The molecule has 0 fully saturated rings. The van der Waals surface area contributed by atoms with Crippen LogP contribution in [0.5, 0.6) is 11.5 Å². The molecule has 0 bridgehead atoms. The van der Waals surface area contributed by atoms with E-state index in [1.54, 1.807) is 27.2 Å². The fourth-order valence-corrected chi connectivity index (χ4v) is 1.82. The van der Waals surface area contributed by atoms with Crippen molar-refractivity contribution in [2.45, 2.75) is 20.0 Å². The molecule has 0 aliphatic rings. The van der Waals surface area contributed by atoms with Gasteiger partial charge in [0.15, 0.2) is 0 Å². The molecule has 1 aromatic carbocycles. The van der Waals surface area contributed by atoms with Gasteiger partial charge >= 0.3 is 5.97 Å². The van der Waals surface area contributed by atoms with Crippen molar-refractivity contribution in [1.29, 1.82) is 0 Å². The Morgan fingerprint density at radius 1 is 1.33 bits per heavy atom. The molecule has 100 valence electrons. The molecular formula is C13H18O5. The molecule has 0 aromatic heterocycles. The van der Waals surface area contributed by atoms with Gasteiger partial charge < -0.3 is 19.3 Å². The van der Waals surface area contributed by atoms with E-state index in [4.69, 9.17) is 19.3 Å². The third-order valence-corrected chi connectivity index (χ3v) is 2.64. The fourth-order valence-electron chi connectivity index (χ4n) is 1.82. The standard InChI is InChI=1S/C13H18O5/c1-8-5-10(16-3)6-11(17-4)13(8)9(2)18-7-12(14)15/h5-6,9H,7H2,1-4H3,(H,14,15). The van der Waals surface area contributed by atoms with Crippen molar-refractivity contribution in [2.75, 3.05) is 20.8 Å². The van der Waals surface area contributed by atoms with E-state index in [-0.39, 0.29) is 12.7 Å². The first-order valence-electron chi connectivity index (χ1n) is 5.55. The minimum absolute atomic E-state index is 0.338. The van der Waals surface area contributed by atoms with Gasteiger partial charge in [0, 0.05) is 11.6 Å². The molecule has 1 atom stereocenters. The van der Waals surface area contributed by atoms with E-state index in [1.807, 2.05) is 13.0 Å². The molecule has 1 N–H and O–H groups in total. The smallest absolute Gasteiger partial charge is 0.329 e. The van der Waals surface area contributed by atoms with Crippen LogP contribution in [0, 0.1) is 6.92 Å². The molecule has 1 unspecified atom stereocenters. The van der Waals surface area contributed by atoms with Gasteiger partial charge in [-0.2, -0.15) is 0 Å². The monoisotopic (exact) mass is 254 g/mol. The lowest BCUT2D eigenvalue weighted by Crippen LogP contribution is -2.11. The van der Waals surface area contributed by atoms with Crippen molar-refractivity contribution in [1.82, 2.24) is 0 Å². The minimum atomic E-state index is -0.994.